The van der Waals surface area contributed by atoms with Crippen molar-refractivity contribution in [1.82, 2.24) is 15.5 Å². The zero-order valence-electron chi connectivity index (χ0n) is 13.3. The van der Waals surface area contributed by atoms with Gasteiger partial charge in [0, 0.05) is 11.1 Å². The van der Waals surface area contributed by atoms with E-state index in [2.05, 4.69) is 15.5 Å². The highest BCUT2D eigenvalue weighted by atomic mass is 16.5. The number of hydrogen-bond acceptors (Lipinski definition) is 5. The summed E-state index contributed by atoms with van der Waals surface area (Å²) in [5.74, 6) is 0.727. The lowest BCUT2D eigenvalue weighted by Gasteiger charge is -2.37. The van der Waals surface area contributed by atoms with Gasteiger partial charge in [0.05, 0.1) is 12.5 Å². The van der Waals surface area contributed by atoms with Gasteiger partial charge >= 0.3 is 0 Å². The molecule has 1 aliphatic rings. The van der Waals surface area contributed by atoms with Crippen LogP contribution in [0.25, 0.3) is 11.4 Å². The molecule has 0 saturated heterocycles. The Bertz CT molecular complexity index is 666. The van der Waals surface area contributed by atoms with E-state index < -0.39 is 5.54 Å². The van der Waals surface area contributed by atoms with Crippen molar-refractivity contribution in [3.63, 3.8) is 0 Å². The SMILES string of the molecule is CC1(N)CCCCC1C(=O)NCc1nc(-c2ccccc2)no1. The monoisotopic (exact) mass is 314 g/mol. The van der Waals surface area contributed by atoms with Gasteiger partial charge in [-0.05, 0) is 19.8 Å². The number of amides is 1. The third kappa shape index (κ3) is 3.59. The van der Waals surface area contributed by atoms with E-state index in [4.69, 9.17) is 10.3 Å². The van der Waals surface area contributed by atoms with Crippen LogP contribution < -0.4 is 11.1 Å². The van der Waals surface area contributed by atoms with Gasteiger partial charge in [-0.2, -0.15) is 4.98 Å². The first kappa shape index (κ1) is 15.7. The molecular weight excluding hydrogens is 292 g/mol. The molecule has 2 unspecified atom stereocenters. The van der Waals surface area contributed by atoms with E-state index in [-0.39, 0.29) is 18.4 Å². The molecule has 1 fully saturated rings. The van der Waals surface area contributed by atoms with Gasteiger partial charge in [-0.15, -0.1) is 0 Å². The molecule has 2 aromatic rings. The summed E-state index contributed by atoms with van der Waals surface area (Å²) in [6.07, 6.45) is 3.84. The molecule has 2 atom stereocenters. The van der Waals surface area contributed by atoms with Gasteiger partial charge in [0.1, 0.15) is 0 Å². The molecule has 6 heteroatoms. The number of aromatic nitrogens is 2. The maximum absolute atomic E-state index is 12.4. The summed E-state index contributed by atoms with van der Waals surface area (Å²) in [7, 11) is 0. The van der Waals surface area contributed by atoms with Crippen LogP contribution in [-0.2, 0) is 11.3 Å². The number of nitrogens with zero attached hydrogens (tertiary/aromatic N) is 2. The number of nitrogens with one attached hydrogen (secondary N) is 1. The lowest BCUT2D eigenvalue weighted by molar-refractivity contribution is -0.128. The molecule has 1 aliphatic carbocycles. The molecule has 6 nitrogen and oxygen atoms in total. The predicted octanol–water partition coefficient (Wildman–Crippen LogP) is 2.26. The van der Waals surface area contributed by atoms with E-state index in [1.54, 1.807) is 0 Å². The van der Waals surface area contributed by atoms with Gasteiger partial charge in [-0.25, -0.2) is 0 Å². The molecule has 1 heterocycles. The Morgan fingerprint density at radius 2 is 2.17 bits per heavy atom. The third-order valence-electron chi connectivity index (χ3n) is 4.48. The molecule has 23 heavy (non-hydrogen) atoms. The van der Waals surface area contributed by atoms with Crippen molar-refractivity contribution >= 4 is 5.91 Å². The van der Waals surface area contributed by atoms with Gasteiger partial charge in [0.2, 0.25) is 17.6 Å². The molecule has 1 saturated carbocycles. The van der Waals surface area contributed by atoms with Crippen molar-refractivity contribution in [3.05, 3.63) is 36.2 Å². The maximum atomic E-state index is 12.4. The summed E-state index contributed by atoms with van der Waals surface area (Å²) in [5, 5.41) is 6.82. The molecule has 3 N–H and O–H groups in total. The van der Waals surface area contributed by atoms with Crippen molar-refractivity contribution < 1.29 is 9.32 Å². The number of carbonyl (C=O) groups is 1. The highest BCUT2D eigenvalue weighted by Crippen LogP contribution is 2.31. The molecular formula is C17H22N4O2. The van der Waals surface area contributed by atoms with Crippen LogP contribution in [-0.4, -0.2) is 21.6 Å². The van der Waals surface area contributed by atoms with Crippen LogP contribution in [0.15, 0.2) is 34.9 Å². The van der Waals surface area contributed by atoms with Gasteiger partial charge in [-0.1, -0.05) is 48.3 Å². The van der Waals surface area contributed by atoms with Crippen LogP contribution in [0, 0.1) is 5.92 Å². The minimum atomic E-state index is -0.438. The van der Waals surface area contributed by atoms with Gasteiger partial charge < -0.3 is 15.6 Å². The molecule has 0 bridgehead atoms. The lowest BCUT2D eigenvalue weighted by atomic mass is 9.74. The van der Waals surface area contributed by atoms with Crippen molar-refractivity contribution in [1.29, 1.82) is 0 Å². The molecule has 0 radical (unpaired) electrons. The summed E-state index contributed by atoms with van der Waals surface area (Å²) in [6.45, 7) is 2.18. The molecule has 1 aromatic carbocycles. The zero-order chi connectivity index (χ0) is 16.3. The fraction of sp³-hybridized carbons (Fsp3) is 0.471. The van der Waals surface area contributed by atoms with Crippen LogP contribution in [0.3, 0.4) is 0 Å². The van der Waals surface area contributed by atoms with Crippen LogP contribution in [0.5, 0.6) is 0 Å². The second-order valence-electron chi connectivity index (χ2n) is 6.40. The Balaban J connectivity index is 1.60. The number of rotatable bonds is 4. The highest BCUT2D eigenvalue weighted by Gasteiger charge is 2.37. The first-order valence-corrected chi connectivity index (χ1v) is 8.01. The average molecular weight is 314 g/mol. The molecule has 3 rings (SSSR count). The predicted molar refractivity (Wildman–Crippen MR) is 86.1 cm³/mol. The Hall–Kier alpha value is -2.21. The lowest BCUT2D eigenvalue weighted by Crippen LogP contribution is -2.52. The standard InChI is InChI=1S/C17H22N4O2/c1-17(18)10-6-5-9-13(17)16(22)19-11-14-20-15(21-23-14)12-7-3-2-4-8-12/h2-4,7-8,13H,5-6,9-11,18H2,1H3,(H,19,22). The quantitative estimate of drug-likeness (QED) is 0.902. The summed E-state index contributed by atoms with van der Waals surface area (Å²) >= 11 is 0. The van der Waals surface area contributed by atoms with E-state index in [1.165, 1.54) is 0 Å². The van der Waals surface area contributed by atoms with Crippen LogP contribution in [0.4, 0.5) is 0 Å². The second kappa shape index (κ2) is 6.50. The number of hydrogen-bond donors (Lipinski definition) is 2. The fourth-order valence-electron chi connectivity index (χ4n) is 3.11. The summed E-state index contributed by atoms with van der Waals surface area (Å²) in [6, 6.07) is 9.58. The molecule has 1 amide bonds. The normalized spacial score (nSPS) is 24.3. The first-order chi connectivity index (χ1) is 11.1. The summed E-state index contributed by atoms with van der Waals surface area (Å²) < 4.78 is 5.20. The Kier molecular flexibility index (Phi) is 4.43. The van der Waals surface area contributed by atoms with Crippen molar-refractivity contribution in [3.8, 4) is 11.4 Å². The van der Waals surface area contributed by atoms with Crippen molar-refractivity contribution in [2.75, 3.05) is 0 Å². The molecule has 0 spiro atoms. The molecule has 0 aliphatic heterocycles. The van der Waals surface area contributed by atoms with E-state index in [1.807, 2.05) is 37.3 Å². The van der Waals surface area contributed by atoms with E-state index in [9.17, 15) is 4.79 Å². The molecule has 122 valence electrons. The van der Waals surface area contributed by atoms with Gasteiger partial charge in [-0.3, -0.25) is 4.79 Å². The summed E-state index contributed by atoms with van der Waals surface area (Å²) in [4.78, 5) is 16.7. The highest BCUT2D eigenvalue weighted by molar-refractivity contribution is 5.80. The second-order valence-corrected chi connectivity index (χ2v) is 6.40. The number of nitrogens with two attached hydrogens (primary N) is 1. The fourth-order valence-corrected chi connectivity index (χ4v) is 3.11. The smallest absolute Gasteiger partial charge is 0.246 e. The zero-order valence-corrected chi connectivity index (χ0v) is 13.3. The largest absolute Gasteiger partial charge is 0.347 e. The Labute approximate surface area is 135 Å². The van der Waals surface area contributed by atoms with Crippen molar-refractivity contribution in [2.24, 2.45) is 11.7 Å². The molecule has 1 aromatic heterocycles. The van der Waals surface area contributed by atoms with Crippen LogP contribution >= 0.6 is 0 Å². The minimum absolute atomic E-state index is 0.0332. The van der Waals surface area contributed by atoms with Crippen LogP contribution in [0.1, 0.15) is 38.5 Å². The number of benzene rings is 1. The number of carbonyl (C=O) groups excluding carboxylic acids is 1. The Morgan fingerprint density at radius 1 is 1.39 bits per heavy atom. The van der Waals surface area contributed by atoms with E-state index in [0.717, 1.165) is 31.2 Å². The Morgan fingerprint density at radius 3 is 2.91 bits per heavy atom. The van der Waals surface area contributed by atoms with Crippen LogP contribution in [0.2, 0.25) is 0 Å². The average Bonchev–Trinajstić information content (AvgIpc) is 3.02. The van der Waals surface area contributed by atoms with E-state index >= 15 is 0 Å². The van der Waals surface area contributed by atoms with Crippen molar-refractivity contribution in [2.45, 2.75) is 44.7 Å². The summed E-state index contributed by atoms with van der Waals surface area (Å²) in [5.41, 5.74) is 6.71. The van der Waals surface area contributed by atoms with E-state index in [0.29, 0.717) is 11.7 Å². The maximum Gasteiger partial charge on any atom is 0.246 e. The minimum Gasteiger partial charge on any atom is -0.347 e. The third-order valence-corrected chi connectivity index (χ3v) is 4.48. The van der Waals surface area contributed by atoms with Gasteiger partial charge in [0.15, 0.2) is 0 Å². The van der Waals surface area contributed by atoms with Gasteiger partial charge in [0.25, 0.3) is 0 Å². The first-order valence-electron chi connectivity index (χ1n) is 8.01. The topological polar surface area (TPSA) is 94.0 Å².